The smallest absolute Gasteiger partial charge is 0.223 e. The molecule has 3 aromatic heterocycles. The third kappa shape index (κ3) is 5.39. The number of hydrogen-bond donors (Lipinski definition) is 2. The molecule has 11 nitrogen and oxygen atoms in total. The Hall–Kier alpha value is -3.96. The molecule has 0 radical (unpaired) electrons. The van der Waals surface area contributed by atoms with E-state index >= 15 is 0 Å². The van der Waals surface area contributed by atoms with Gasteiger partial charge < -0.3 is 29.9 Å². The number of benzene rings is 1. The van der Waals surface area contributed by atoms with Gasteiger partial charge in [-0.05, 0) is 67.6 Å². The number of rotatable bonds is 12. The average Bonchev–Trinajstić information content (AvgIpc) is 3.31. The van der Waals surface area contributed by atoms with Crippen LogP contribution in [0.5, 0.6) is 5.75 Å². The summed E-state index contributed by atoms with van der Waals surface area (Å²) in [6.07, 6.45) is 6.13. The summed E-state index contributed by atoms with van der Waals surface area (Å²) in [5, 5.41) is 12.7. The van der Waals surface area contributed by atoms with Crippen LogP contribution in [0.15, 0.2) is 47.1 Å². The SMILES string of the molecule is CCC1(CCN2CCN(c3ccc(OCCOC)cc3)CC2)CC1c1nc(N)n2nc(-c3ccco3)nc2c1C=N. The highest BCUT2D eigenvalue weighted by molar-refractivity contribution is 5.88. The largest absolute Gasteiger partial charge is 0.491 e. The molecule has 0 spiro atoms. The summed E-state index contributed by atoms with van der Waals surface area (Å²) < 4.78 is 17.7. The highest BCUT2D eigenvalue weighted by Crippen LogP contribution is 2.64. The van der Waals surface area contributed by atoms with Crippen LogP contribution in [0.2, 0.25) is 0 Å². The normalized spacial score (nSPS) is 20.9. The van der Waals surface area contributed by atoms with Gasteiger partial charge in [0.2, 0.25) is 11.8 Å². The molecule has 2 unspecified atom stereocenters. The van der Waals surface area contributed by atoms with Gasteiger partial charge in [-0.3, -0.25) is 4.90 Å². The number of methoxy groups -OCH3 is 1. The monoisotopic (exact) mass is 558 g/mol. The first-order chi connectivity index (χ1) is 20.0. The Morgan fingerprint density at radius 1 is 1.12 bits per heavy atom. The van der Waals surface area contributed by atoms with Crippen LogP contribution in [-0.2, 0) is 4.74 Å². The fourth-order valence-corrected chi connectivity index (χ4v) is 6.09. The summed E-state index contributed by atoms with van der Waals surface area (Å²) in [4.78, 5) is 14.4. The van der Waals surface area contributed by atoms with Crippen LogP contribution in [-0.4, -0.2) is 83.7 Å². The van der Waals surface area contributed by atoms with Crippen molar-refractivity contribution in [1.29, 1.82) is 5.41 Å². The predicted molar refractivity (Wildman–Crippen MR) is 158 cm³/mol. The Kier molecular flexibility index (Phi) is 7.63. The third-order valence-electron chi connectivity index (χ3n) is 8.74. The number of nitrogen functional groups attached to an aromatic ring is 1. The van der Waals surface area contributed by atoms with E-state index in [-0.39, 0.29) is 17.3 Å². The molecule has 2 fully saturated rings. The second kappa shape index (κ2) is 11.5. The number of nitrogens with two attached hydrogens (primary N) is 1. The van der Waals surface area contributed by atoms with Crippen molar-refractivity contribution in [1.82, 2.24) is 24.5 Å². The van der Waals surface area contributed by atoms with Crippen molar-refractivity contribution in [2.75, 3.05) is 63.7 Å². The number of anilines is 2. The zero-order chi connectivity index (χ0) is 28.4. The van der Waals surface area contributed by atoms with Gasteiger partial charge in [0.1, 0.15) is 12.4 Å². The second-order valence-electron chi connectivity index (χ2n) is 10.9. The van der Waals surface area contributed by atoms with Crippen molar-refractivity contribution in [3.8, 4) is 17.3 Å². The second-order valence-corrected chi connectivity index (χ2v) is 10.9. The molecular weight excluding hydrogens is 520 g/mol. The van der Waals surface area contributed by atoms with Gasteiger partial charge in [0.15, 0.2) is 11.4 Å². The average molecular weight is 559 g/mol. The molecule has 41 heavy (non-hydrogen) atoms. The van der Waals surface area contributed by atoms with Gasteiger partial charge in [-0.2, -0.15) is 4.52 Å². The maximum atomic E-state index is 8.20. The molecule has 2 aliphatic rings. The minimum Gasteiger partial charge on any atom is -0.491 e. The lowest BCUT2D eigenvalue weighted by Crippen LogP contribution is -2.47. The molecule has 0 bridgehead atoms. The molecule has 1 aliphatic heterocycles. The van der Waals surface area contributed by atoms with E-state index in [4.69, 9.17) is 30.0 Å². The number of hydrogen-bond acceptors (Lipinski definition) is 10. The molecule has 3 N–H and O–H groups in total. The zero-order valence-electron chi connectivity index (χ0n) is 23.8. The van der Waals surface area contributed by atoms with Crippen LogP contribution in [0.1, 0.15) is 43.4 Å². The first-order valence-corrected chi connectivity index (χ1v) is 14.3. The number of nitrogens with zero attached hydrogens (tertiary/aromatic N) is 6. The maximum absolute atomic E-state index is 8.20. The highest BCUT2D eigenvalue weighted by Gasteiger charge is 2.54. The molecule has 6 rings (SSSR count). The van der Waals surface area contributed by atoms with Crippen molar-refractivity contribution in [2.24, 2.45) is 5.41 Å². The quantitative estimate of drug-likeness (QED) is 0.195. The zero-order valence-corrected chi connectivity index (χ0v) is 23.8. The van der Waals surface area contributed by atoms with Crippen LogP contribution in [0.25, 0.3) is 17.2 Å². The fraction of sp³-hybridized carbons (Fsp3) is 0.467. The van der Waals surface area contributed by atoms with Crippen LogP contribution < -0.4 is 15.4 Å². The summed E-state index contributed by atoms with van der Waals surface area (Å²) in [6, 6.07) is 12.0. The lowest BCUT2D eigenvalue weighted by molar-refractivity contribution is 0.146. The summed E-state index contributed by atoms with van der Waals surface area (Å²) in [6.45, 7) is 8.54. The van der Waals surface area contributed by atoms with Crippen LogP contribution in [0.4, 0.5) is 11.6 Å². The van der Waals surface area contributed by atoms with Crippen molar-refractivity contribution in [3.05, 3.63) is 53.9 Å². The summed E-state index contributed by atoms with van der Waals surface area (Å²) >= 11 is 0. The van der Waals surface area contributed by atoms with Gasteiger partial charge in [0.05, 0.1) is 24.1 Å². The lowest BCUT2D eigenvalue weighted by Gasteiger charge is -2.36. The number of piperazine rings is 1. The molecule has 1 aliphatic carbocycles. The lowest BCUT2D eigenvalue weighted by atomic mass is 9.93. The fourth-order valence-electron chi connectivity index (χ4n) is 6.09. The topological polar surface area (TPSA) is 131 Å². The minimum absolute atomic E-state index is 0.162. The predicted octanol–water partition coefficient (Wildman–Crippen LogP) is 4.09. The molecule has 4 aromatic rings. The Balaban J connectivity index is 1.08. The van der Waals surface area contributed by atoms with Crippen molar-refractivity contribution < 1.29 is 13.9 Å². The third-order valence-corrected chi connectivity index (χ3v) is 8.74. The molecule has 11 heteroatoms. The molecule has 1 aromatic carbocycles. The highest BCUT2D eigenvalue weighted by atomic mass is 16.5. The van der Waals surface area contributed by atoms with Crippen molar-refractivity contribution in [3.63, 3.8) is 0 Å². The molecule has 216 valence electrons. The van der Waals surface area contributed by atoms with Crippen molar-refractivity contribution >= 4 is 23.5 Å². The van der Waals surface area contributed by atoms with Crippen LogP contribution in [0.3, 0.4) is 0 Å². The molecule has 2 atom stereocenters. The van der Waals surface area contributed by atoms with E-state index in [1.165, 1.54) is 16.4 Å². The number of nitrogens with one attached hydrogen (secondary N) is 1. The Morgan fingerprint density at radius 3 is 2.61 bits per heavy atom. The molecule has 4 heterocycles. The van der Waals surface area contributed by atoms with E-state index in [0.717, 1.165) is 63.4 Å². The van der Waals surface area contributed by atoms with Gasteiger partial charge >= 0.3 is 0 Å². The first kappa shape index (κ1) is 27.2. The standard InChI is InChI=1S/C30H38N8O3/c1-3-30(10-11-36-12-14-37(15-13-36)21-6-8-22(9-7-21)40-18-17-39-2)19-24(30)26-23(20-31)28-34-27(25-5-4-16-41-25)35-38(28)29(32)33-26/h4-9,16,20,24,31H,3,10-15,17-19H2,1-2H3,(H2,32,33). The minimum atomic E-state index is 0.162. The van der Waals surface area contributed by atoms with E-state index in [2.05, 4.69) is 38.9 Å². The summed E-state index contributed by atoms with van der Waals surface area (Å²) in [7, 11) is 1.68. The van der Waals surface area contributed by atoms with E-state index in [1.54, 1.807) is 19.4 Å². The molecule has 1 saturated carbocycles. The first-order valence-electron chi connectivity index (χ1n) is 14.3. The molecular formula is C30H38N8O3. The van der Waals surface area contributed by atoms with Gasteiger partial charge in [-0.25, -0.2) is 9.97 Å². The van der Waals surface area contributed by atoms with Gasteiger partial charge in [-0.1, -0.05) is 6.92 Å². The van der Waals surface area contributed by atoms with E-state index in [9.17, 15) is 0 Å². The van der Waals surface area contributed by atoms with Crippen LogP contribution in [0, 0.1) is 10.8 Å². The number of aromatic nitrogens is 4. The summed E-state index contributed by atoms with van der Waals surface area (Å²) in [5.74, 6) is 2.41. The van der Waals surface area contributed by atoms with Crippen molar-refractivity contribution in [2.45, 2.75) is 32.1 Å². The van der Waals surface area contributed by atoms with E-state index in [1.807, 2.05) is 18.2 Å². The van der Waals surface area contributed by atoms with Gasteiger partial charge in [0.25, 0.3) is 0 Å². The summed E-state index contributed by atoms with van der Waals surface area (Å²) in [5.41, 5.74) is 9.85. The Morgan fingerprint density at radius 2 is 1.93 bits per heavy atom. The van der Waals surface area contributed by atoms with Gasteiger partial charge in [-0.15, -0.1) is 5.10 Å². The maximum Gasteiger partial charge on any atom is 0.223 e. The van der Waals surface area contributed by atoms with E-state index in [0.29, 0.717) is 36.0 Å². The Bertz CT molecular complexity index is 1480. The van der Waals surface area contributed by atoms with E-state index < -0.39 is 0 Å². The van der Waals surface area contributed by atoms with Crippen LogP contribution >= 0.6 is 0 Å². The Labute approximate surface area is 239 Å². The number of ether oxygens (including phenoxy) is 2. The molecule has 1 saturated heterocycles. The van der Waals surface area contributed by atoms with Gasteiger partial charge in [0, 0.05) is 51.1 Å². The number of furan rings is 1. The molecule has 0 amide bonds. The number of fused-ring (bicyclic) bond motifs is 1.